The van der Waals surface area contributed by atoms with Gasteiger partial charge in [-0.1, -0.05) is 0 Å². The van der Waals surface area contributed by atoms with Crippen LogP contribution in [0.25, 0.3) is 0 Å². The van der Waals surface area contributed by atoms with Crippen molar-refractivity contribution in [2.45, 2.75) is 45.8 Å². The standard InChI is InChI=1S/C17H27BN2O5S/c1-8-26(22,23)19-14-10-12(15(21)20(6)7)9-13(11-14)18-24-16(2,3)17(4,5)25-18/h9-11,19H,8H2,1-7H3. The molecule has 1 N–H and O–H groups in total. The van der Waals surface area contributed by atoms with Gasteiger partial charge in [0.1, 0.15) is 0 Å². The first-order chi connectivity index (χ1) is 11.8. The van der Waals surface area contributed by atoms with Crippen molar-refractivity contribution in [1.82, 2.24) is 4.90 Å². The highest BCUT2D eigenvalue weighted by Gasteiger charge is 2.51. The molecule has 0 atom stereocenters. The van der Waals surface area contributed by atoms with E-state index in [1.165, 1.54) is 11.0 Å². The van der Waals surface area contributed by atoms with Crippen LogP contribution in [0.15, 0.2) is 18.2 Å². The summed E-state index contributed by atoms with van der Waals surface area (Å²) in [7, 11) is -0.895. The van der Waals surface area contributed by atoms with Crippen molar-refractivity contribution < 1.29 is 22.5 Å². The molecule has 0 saturated carbocycles. The molecule has 26 heavy (non-hydrogen) atoms. The van der Waals surface area contributed by atoms with Crippen LogP contribution in [-0.2, 0) is 19.3 Å². The number of nitrogens with zero attached hydrogens (tertiary/aromatic N) is 1. The van der Waals surface area contributed by atoms with Crippen LogP contribution in [0, 0.1) is 0 Å². The lowest BCUT2D eigenvalue weighted by molar-refractivity contribution is 0.00578. The second-order valence-corrected chi connectivity index (χ2v) is 9.65. The fourth-order valence-corrected chi connectivity index (χ4v) is 3.08. The third-order valence-electron chi connectivity index (χ3n) is 4.79. The largest absolute Gasteiger partial charge is 0.494 e. The Morgan fingerprint density at radius 3 is 2.12 bits per heavy atom. The van der Waals surface area contributed by atoms with Gasteiger partial charge in [-0.3, -0.25) is 9.52 Å². The van der Waals surface area contributed by atoms with Crippen molar-refractivity contribution in [3.05, 3.63) is 23.8 Å². The van der Waals surface area contributed by atoms with Gasteiger partial charge in [-0.05, 0) is 58.3 Å². The van der Waals surface area contributed by atoms with Crippen LogP contribution in [0.2, 0.25) is 0 Å². The van der Waals surface area contributed by atoms with Gasteiger partial charge in [-0.25, -0.2) is 8.42 Å². The van der Waals surface area contributed by atoms with E-state index in [2.05, 4.69) is 4.72 Å². The summed E-state index contributed by atoms with van der Waals surface area (Å²) in [6.45, 7) is 9.28. The number of amides is 1. The van der Waals surface area contributed by atoms with E-state index in [0.717, 1.165) is 0 Å². The van der Waals surface area contributed by atoms with Crippen LogP contribution in [0.3, 0.4) is 0 Å². The molecule has 1 saturated heterocycles. The van der Waals surface area contributed by atoms with Gasteiger partial charge < -0.3 is 14.2 Å². The molecule has 0 unspecified atom stereocenters. The zero-order valence-electron chi connectivity index (χ0n) is 16.4. The van der Waals surface area contributed by atoms with Crippen molar-refractivity contribution in [2.75, 3.05) is 24.6 Å². The first-order valence-electron chi connectivity index (χ1n) is 8.51. The molecule has 2 rings (SSSR count). The molecule has 0 bridgehead atoms. The molecule has 1 fully saturated rings. The van der Waals surface area contributed by atoms with Crippen molar-refractivity contribution >= 4 is 34.2 Å². The van der Waals surface area contributed by atoms with E-state index < -0.39 is 28.3 Å². The lowest BCUT2D eigenvalue weighted by Crippen LogP contribution is -2.41. The predicted octanol–water partition coefficient (Wildman–Crippen LogP) is 1.45. The maximum Gasteiger partial charge on any atom is 0.494 e. The van der Waals surface area contributed by atoms with E-state index in [9.17, 15) is 13.2 Å². The van der Waals surface area contributed by atoms with Crippen molar-refractivity contribution in [3.63, 3.8) is 0 Å². The van der Waals surface area contributed by atoms with E-state index in [4.69, 9.17) is 9.31 Å². The van der Waals surface area contributed by atoms with E-state index in [1.807, 2.05) is 27.7 Å². The van der Waals surface area contributed by atoms with Gasteiger partial charge >= 0.3 is 7.12 Å². The SMILES string of the molecule is CCS(=O)(=O)Nc1cc(B2OC(C)(C)C(C)(C)O2)cc(C(=O)N(C)C)c1. The summed E-state index contributed by atoms with van der Waals surface area (Å²) in [5.74, 6) is -0.301. The molecule has 0 spiro atoms. The highest BCUT2D eigenvalue weighted by molar-refractivity contribution is 7.92. The Labute approximate surface area is 156 Å². The van der Waals surface area contributed by atoms with Gasteiger partial charge in [0.25, 0.3) is 5.91 Å². The minimum absolute atomic E-state index is 0.0648. The van der Waals surface area contributed by atoms with Crippen molar-refractivity contribution in [1.29, 1.82) is 0 Å². The van der Waals surface area contributed by atoms with E-state index >= 15 is 0 Å². The van der Waals surface area contributed by atoms with Crippen LogP contribution < -0.4 is 10.2 Å². The topological polar surface area (TPSA) is 84.9 Å². The summed E-state index contributed by atoms with van der Waals surface area (Å²) < 4.78 is 38.5. The number of benzene rings is 1. The molecule has 7 nitrogen and oxygen atoms in total. The highest BCUT2D eigenvalue weighted by Crippen LogP contribution is 2.36. The summed E-state index contributed by atoms with van der Waals surface area (Å²) >= 11 is 0. The number of hydrogen-bond acceptors (Lipinski definition) is 5. The third kappa shape index (κ3) is 4.21. The summed E-state index contributed by atoms with van der Waals surface area (Å²) in [6.07, 6.45) is 0. The molecule has 1 aromatic rings. The number of nitrogens with one attached hydrogen (secondary N) is 1. The highest BCUT2D eigenvalue weighted by atomic mass is 32.2. The molecule has 0 radical (unpaired) electrons. The Kier molecular flexibility index (Phi) is 5.47. The Hall–Kier alpha value is -1.58. The molecule has 0 aromatic heterocycles. The first-order valence-corrected chi connectivity index (χ1v) is 10.2. The molecule has 0 aliphatic carbocycles. The zero-order valence-corrected chi connectivity index (χ0v) is 17.2. The quantitative estimate of drug-likeness (QED) is 0.780. The molecule has 1 aromatic carbocycles. The summed E-state index contributed by atoms with van der Waals surface area (Å²) in [6, 6.07) is 4.83. The Morgan fingerprint density at radius 1 is 1.12 bits per heavy atom. The van der Waals surface area contributed by atoms with Crippen LogP contribution in [0.5, 0.6) is 0 Å². The zero-order chi connectivity index (χ0) is 19.9. The minimum Gasteiger partial charge on any atom is -0.399 e. The lowest BCUT2D eigenvalue weighted by atomic mass is 9.78. The number of sulfonamides is 1. The van der Waals surface area contributed by atoms with Gasteiger partial charge in [-0.2, -0.15) is 0 Å². The van der Waals surface area contributed by atoms with E-state index in [0.29, 0.717) is 16.7 Å². The fourth-order valence-electron chi connectivity index (χ4n) is 2.46. The lowest BCUT2D eigenvalue weighted by Gasteiger charge is -2.32. The van der Waals surface area contributed by atoms with Gasteiger partial charge in [-0.15, -0.1) is 0 Å². The van der Waals surface area contributed by atoms with Crippen LogP contribution in [0.1, 0.15) is 45.0 Å². The van der Waals surface area contributed by atoms with Crippen molar-refractivity contribution in [3.8, 4) is 0 Å². The maximum absolute atomic E-state index is 12.4. The van der Waals surface area contributed by atoms with Crippen LogP contribution in [-0.4, -0.2) is 57.4 Å². The molecule has 1 aliphatic heterocycles. The van der Waals surface area contributed by atoms with E-state index in [1.54, 1.807) is 33.2 Å². The molecule has 1 amide bonds. The number of hydrogen-bond donors (Lipinski definition) is 1. The number of rotatable bonds is 5. The monoisotopic (exact) mass is 382 g/mol. The van der Waals surface area contributed by atoms with Crippen molar-refractivity contribution in [2.24, 2.45) is 0 Å². The van der Waals surface area contributed by atoms with Gasteiger partial charge in [0.2, 0.25) is 10.0 Å². The van der Waals surface area contributed by atoms with E-state index in [-0.39, 0.29) is 11.7 Å². The normalized spacial score (nSPS) is 18.7. The molecule has 144 valence electrons. The first kappa shape index (κ1) is 20.7. The van der Waals surface area contributed by atoms with Gasteiger partial charge in [0.05, 0.1) is 17.0 Å². The summed E-state index contributed by atoms with van der Waals surface area (Å²) in [5, 5.41) is 0. The number of anilines is 1. The summed E-state index contributed by atoms with van der Waals surface area (Å²) in [5.41, 5.74) is 0.176. The fraction of sp³-hybridized carbons (Fsp3) is 0.588. The van der Waals surface area contributed by atoms with Crippen LogP contribution in [0.4, 0.5) is 5.69 Å². The average Bonchev–Trinajstić information content (AvgIpc) is 2.74. The Balaban J connectivity index is 2.49. The second kappa shape index (κ2) is 6.86. The second-order valence-electron chi connectivity index (χ2n) is 7.64. The van der Waals surface area contributed by atoms with Gasteiger partial charge in [0.15, 0.2) is 0 Å². The Morgan fingerprint density at radius 2 is 1.65 bits per heavy atom. The molecule has 9 heteroatoms. The maximum atomic E-state index is 12.4. The molecular formula is C17H27BN2O5S. The average molecular weight is 382 g/mol. The van der Waals surface area contributed by atoms with Gasteiger partial charge in [0, 0.05) is 25.3 Å². The third-order valence-corrected chi connectivity index (χ3v) is 6.09. The minimum atomic E-state index is -3.48. The van der Waals surface area contributed by atoms with Crippen LogP contribution >= 0.6 is 0 Å². The molecular weight excluding hydrogens is 355 g/mol. The number of carbonyl (C=O) groups is 1. The predicted molar refractivity (Wildman–Crippen MR) is 103 cm³/mol. The summed E-state index contributed by atoms with van der Waals surface area (Å²) in [4.78, 5) is 13.9. The molecule has 1 heterocycles. The smallest absolute Gasteiger partial charge is 0.399 e. The molecule has 1 aliphatic rings. The Bertz CT molecular complexity index is 789. The number of carbonyl (C=O) groups excluding carboxylic acids is 1.